The van der Waals surface area contributed by atoms with E-state index in [0.29, 0.717) is 46.9 Å². The Morgan fingerprint density at radius 1 is 1.22 bits per heavy atom. The number of rotatable bonds is 7. The van der Waals surface area contributed by atoms with Crippen molar-refractivity contribution in [2.24, 2.45) is 0 Å². The molecule has 1 aliphatic rings. The standard InChI is InChI=1S/C26H28FN5O3.2ClH/c1-35-23-6-5-21-25(31-23)19(20(27)15-29-21)9-12-32-10-7-17(8-11-32)28-14-18-13-16-3-2-4-22(33)24(16)26(34)30-18;;/h2-6,13,15,17,28,33H,7-12,14H2,1H3,(H,30,34);2*1H. The highest BCUT2D eigenvalue weighted by molar-refractivity contribution is 5.87. The molecule has 1 aliphatic heterocycles. The van der Waals surface area contributed by atoms with Gasteiger partial charge in [0.25, 0.3) is 5.56 Å². The number of aromatic hydroxyl groups is 1. The number of phenols is 1. The van der Waals surface area contributed by atoms with Gasteiger partial charge in [0.15, 0.2) is 0 Å². The fourth-order valence-electron chi connectivity index (χ4n) is 4.77. The van der Waals surface area contributed by atoms with Gasteiger partial charge < -0.3 is 25.0 Å². The van der Waals surface area contributed by atoms with Gasteiger partial charge in [0, 0.05) is 36.5 Å². The zero-order valence-corrected chi connectivity index (χ0v) is 22.0. The molecule has 198 valence electrons. The Labute approximate surface area is 226 Å². The summed E-state index contributed by atoms with van der Waals surface area (Å²) in [5, 5.41) is 14.5. The molecule has 0 aliphatic carbocycles. The molecule has 0 amide bonds. The maximum absolute atomic E-state index is 14.6. The number of benzene rings is 1. The van der Waals surface area contributed by atoms with Crippen LogP contribution in [0.1, 0.15) is 24.1 Å². The molecule has 0 atom stereocenters. The Kier molecular flexibility index (Phi) is 9.67. The molecule has 1 fully saturated rings. The van der Waals surface area contributed by atoms with Crippen molar-refractivity contribution >= 4 is 46.6 Å². The molecule has 4 aromatic rings. The first-order valence-electron chi connectivity index (χ1n) is 11.8. The van der Waals surface area contributed by atoms with E-state index in [1.807, 2.05) is 12.1 Å². The molecule has 1 saturated heterocycles. The van der Waals surface area contributed by atoms with Gasteiger partial charge in [-0.05, 0) is 55.9 Å². The monoisotopic (exact) mass is 549 g/mol. The number of nitrogens with one attached hydrogen (secondary N) is 2. The maximum atomic E-state index is 14.6. The normalized spacial score (nSPS) is 14.3. The van der Waals surface area contributed by atoms with Gasteiger partial charge >= 0.3 is 0 Å². The number of nitrogens with zero attached hydrogens (tertiary/aromatic N) is 3. The van der Waals surface area contributed by atoms with E-state index < -0.39 is 0 Å². The number of hydrogen-bond donors (Lipinski definition) is 3. The molecule has 0 radical (unpaired) electrons. The van der Waals surface area contributed by atoms with Gasteiger partial charge in [0.1, 0.15) is 11.6 Å². The van der Waals surface area contributed by atoms with E-state index in [0.717, 1.165) is 43.6 Å². The minimum absolute atomic E-state index is 0. The van der Waals surface area contributed by atoms with Crippen LogP contribution >= 0.6 is 24.8 Å². The lowest BCUT2D eigenvalue weighted by Gasteiger charge is -2.32. The van der Waals surface area contributed by atoms with Crippen molar-refractivity contribution in [1.29, 1.82) is 0 Å². The van der Waals surface area contributed by atoms with Gasteiger partial charge in [-0.15, -0.1) is 24.8 Å². The summed E-state index contributed by atoms with van der Waals surface area (Å²) in [5.41, 5.74) is 2.29. The quantitative estimate of drug-likeness (QED) is 0.320. The molecule has 0 unspecified atom stereocenters. The predicted octanol–water partition coefficient (Wildman–Crippen LogP) is 3.96. The highest BCUT2D eigenvalue weighted by Crippen LogP contribution is 2.23. The predicted molar refractivity (Wildman–Crippen MR) is 147 cm³/mol. The summed E-state index contributed by atoms with van der Waals surface area (Å²) >= 11 is 0. The van der Waals surface area contributed by atoms with Gasteiger partial charge in [0.05, 0.1) is 29.7 Å². The number of likely N-dealkylation sites (tertiary alicyclic amines) is 1. The number of fused-ring (bicyclic) bond motifs is 2. The number of methoxy groups -OCH3 is 1. The molecule has 0 bridgehead atoms. The number of aromatic nitrogens is 3. The van der Waals surface area contributed by atoms with Crippen molar-refractivity contribution in [2.75, 3.05) is 26.7 Å². The number of phenolic OH excluding ortho intramolecular Hbond substituents is 1. The van der Waals surface area contributed by atoms with E-state index >= 15 is 0 Å². The third-order valence-electron chi connectivity index (χ3n) is 6.70. The number of aromatic amines is 1. The largest absolute Gasteiger partial charge is 0.507 e. The topological polar surface area (TPSA) is 103 Å². The molecule has 1 aromatic carbocycles. The molecule has 3 N–H and O–H groups in total. The molecular weight excluding hydrogens is 520 g/mol. The van der Waals surface area contributed by atoms with Crippen LogP contribution in [0.15, 0.2) is 47.4 Å². The summed E-state index contributed by atoms with van der Waals surface area (Å²) in [6.07, 6.45) is 3.74. The van der Waals surface area contributed by atoms with Crippen LogP contribution in [0, 0.1) is 5.82 Å². The average molecular weight is 550 g/mol. The van der Waals surface area contributed by atoms with Crippen molar-refractivity contribution in [1.82, 2.24) is 25.2 Å². The number of piperidine rings is 1. The Balaban J connectivity index is 0.00000190. The zero-order chi connectivity index (χ0) is 24.4. The fourth-order valence-corrected chi connectivity index (χ4v) is 4.77. The second-order valence-corrected chi connectivity index (χ2v) is 8.92. The third-order valence-corrected chi connectivity index (χ3v) is 6.70. The number of hydrogen-bond acceptors (Lipinski definition) is 7. The maximum Gasteiger partial charge on any atom is 0.259 e. The molecule has 0 saturated carbocycles. The van der Waals surface area contributed by atoms with E-state index in [-0.39, 0.29) is 41.9 Å². The number of pyridine rings is 3. The summed E-state index contributed by atoms with van der Waals surface area (Å²) in [5.74, 6) is 0.0975. The Morgan fingerprint density at radius 3 is 2.76 bits per heavy atom. The summed E-state index contributed by atoms with van der Waals surface area (Å²) in [6.45, 7) is 3.10. The smallest absolute Gasteiger partial charge is 0.259 e. The molecular formula is C26H30Cl2FN5O3. The van der Waals surface area contributed by atoms with E-state index in [1.165, 1.54) is 12.3 Å². The van der Waals surface area contributed by atoms with Crippen molar-refractivity contribution in [2.45, 2.75) is 31.8 Å². The molecule has 3 aromatic heterocycles. The first-order chi connectivity index (χ1) is 17.0. The SMILES string of the molecule is COc1ccc2ncc(F)c(CCN3CCC(NCc4cc5cccc(O)c5c(=O)[nH]4)CC3)c2n1.Cl.Cl. The van der Waals surface area contributed by atoms with Crippen LogP contribution in [0.2, 0.25) is 0 Å². The first-order valence-corrected chi connectivity index (χ1v) is 11.8. The van der Waals surface area contributed by atoms with Gasteiger partial charge in [-0.1, -0.05) is 12.1 Å². The van der Waals surface area contributed by atoms with E-state index in [9.17, 15) is 14.3 Å². The number of H-pyrrole nitrogens is 1. The highest BCUT2D eigenvalue weighted by Gasteiger charge is 2.20. The van der Waals surface area contributed by atoms with Crippen LogP contribution in [0.4, 0.5) is 4.39 Å². The second kappa shape index (κ2) is 12.5. The Bertz CT molecular complexity index is 1430. The third kappa shape index (κ3) is 6.30. The van der Waals surface area contributed by atoms with Crippen LogP contribution in [0.5, 0.6) is 11.6 Å². The van der Waals surface area contributed by atoms with Crippen LogP contribution in [0.25, 0.3) is 21.8 Å². The summed E-state index contributed by atoms with van der Waals surface area (Å²) < 4.78 is 19.8. The minimum atomic E-state index is -0.340. The summed E-state index contributed by atoms with van der Waals surface area (Å²) in [4.78, 5) is 26.1. The van der Waals surface area contributed by atoms with Crippen molar-refractivity contribution in [3.63, 3.8) is 0 Å². The Morgan fingerprint density at radius 2 is 2.00 bits per heavy atom. The second-order valence-electron chi connectivity index (χ2n) is 8.92. The molecule has 0 spiro atoms. The molecule has 5 rings (SSSR count). The van der Waals surface area contributed by atoms with Crippen molar-refractivity contribution < 1.29 is 14.2 Å². The fraction of sp³-hybridized carbons (Fsp3) is 0.346. The molecule has 11 heteroatoms. The lowest BCUT2D eigenvalue weighted by atomic mass is 10.0. The van der Waals surface area contributed by atoms with E-state index in [4.69, 9.17) is 4.74 Å². The minimum Gasteiger partial charge on any atom is -0.507 e. The summed E-state index contributed by atoms with van der Waals surface area (Å²) in [6, 6.07) is 10.8. The van der Waals surface area contributed by atoms with Crippen molar-refractivity contribution in [3.05, 3.63) is 70.0 Å². The van der Waals surface area contributed by atoms with Crippen LogP contribution in [-0.4, -0.2) is 57.7 Å². The number of ether oxygens (including phenoxy) is 1. The average Bonchev–Trinajstić information content (AvgIpc) is 2.87. The van der Waals surface area contributed by atoms with Crippen LogP contribution in [0.3, 0.4) is 0 Å². The molecule has 8 nitrogen and oxygen atoms in total. The first kappa shape index (κ1) is 28.6. The van der Waals surface area contributed by atoms with E-state index in [1.54, 1.807) is 25.3 Å². The van der Waals surface area contributed by atoms with E-state index in [2.05, 4.69) is 25.2 Å². The van der Waals surface area contributed by atoms with Gasteiger partial charge in [-0.3, -0.25) is 9.78 Å². The van der Waals surface area contributed by atoms with Gasteiger partial charge in [-0.25, -0.2) is 9.37 Å². The van der Waals surface area contributed by atoms with Gasteiger partial charge in [0.2, 0.25) is 5.88 Å². The van der Waals surface area contributed by atoms with Gasteiger partial charge in [-0.2, -0.15) is 0 Å². The highest BCUT2D eigenvalue weighted by atomic mass is 35.5. The Hall–Kier alpha value is -2.98. The van der Waals surface area contributed by atoms with Crippen LogP contribution in [-0.2, 0) is 13.0 Å². The molecule has 37 heavy (non-hydrogen) atoms. The lowest BCUT2D eigenvalue weighted by molar-refractivity contribution is 0.198. The van der Waals surface area contributed by atoms with Crippen LogP contribution < -0.4 is 15.6 Å². The summed E-state index contributed by atoms with van der Waals surface area (Å²) in [7, 11) is 1.54. The lowest BCUT2D eigenvalue weighted by Crippen LogP contribution is -2.43. The zero-order valence-electron chi connectivity index (χ0n) is 20.4. The molecule has 4 heterocycles. The number of halogens is 3. The van der Waals surface area contributed by atoms with Crippen molar-refractivity contribution in [3.8, 4) is 11.6 Å².